The van der Waals surface area contributed by atoms with Crippen molar-refractivity contribution in [1.29, 1.82) is 0 Å². The number of hydrogen-bond donors (Lipinski definition) is 2. The van der Waals surface area contributed by atoms with Crippen LogP contribution in [0.15, 0.2) is 70.8 Å². The molecule has 3 unspecified atom stereocenters. The molecule has 2 heterocycles. The molecule has 3 atom stereocenters. The molecule has 1 fully saturated rings. The van der Waals surface area contributed by atoms with E-state index in [0.717, 1.165) is 35.1 Å². The van der Waals surface area contributed by atoms with Crippen molar-refractivity contribution in [3.63, 3.8) is 0 Å². The number of hydrogen-bond acceptors (Lipinski definition) is 5. The van der Waals surface area contributed by atoms with E-state index in [1.165, 1.54) is 32.4 Å². The summed E-state index contributed by atoms with van der Waals surface area (Å²) in [7, 11) is -3.75. The molecule has 3 aliphatic rings. The summed E-state index contributed by atoms with van der Waals surface area (Å²) in [4.78, 5) is 15.8. The first-order valence-electron chi connectivity index (χ1n) is 14.0. The monoisotopic (exact) mass is 537 g/mol. The molecule has 0 bridgehead atoms. The van der Waals surface area contributed by atoms with Gasteiger partial charge >= 0.3 is 0 Å². The van der Waals surface area contributed by atoms with E-state index >= 15 is 0 Å². The van der Waals surface area contributed by atoms with Gasteiger partial charge in [0.25, 0.3) is 0 Å². The molecule has 38 heavy (non-hydrogen) atoms. The van der Waals surface area contributed by atoms with Crippen molar-refractivity contribution in [2.75, 3.05) is 26.2 Å². The topological polar surface area (TPSA) is 87.7 Å². The zero-order valence-electron chi connectivity index (χ0n) is 22.2. The first-order chi connectivity index (χ1) is 18.4. The lowest BCUT2D eigenvalue weighted by Crippen LogP contribution is -2.44. The molecule has 2 aliphatic heterocycles. The molecular formula is C30H39N3O4S. The molecule has 0 radical (unpaired) electrons. The Bertz CT molecular complexity index is 1310. The van der Waals surface area contributed by atoms with Crippen molar-refractivity contribution >= 4 is 26.7 Å². The summed E-state index contributed by atoms with van der Waals surface area (Å²) in [6, 6.07) is 12.2. The van der Waals surface area contributed by atoms with Gasteiger partial charge in [-0.15, -0.1) is 0 Å². The highest BCUT2D eigenvalue weighted by molar-refractivity contribution is 7.89. The average molecular weight is 538 g/mol. The lowest BCUT2D eigenvalue weighted by atomic mass is 9.88. The molecule has 7 nitrogen and oxygen atoms in total. The Morgan fingerprint density at radius 1 is 1.11 bits per heavy atom. The molecule has 1 aliphatic carbocycles. The smallest absolute Gasteiger partial charge is 0.240 e. The average Bonchev–Trinajstić information content (AvgIpc) is 2.93. The SMILES string of the molecule is CCC(CC(=O)NC1CCOC2=C1C=CC(CN1CCCCC1)C2)NS(=O)(=O)c1ccc2ccccc2c1. The fourth-order valence-electron chi connectivity index (χ4n) is 5.78. The van der Waals surface area contributed by atoms with E-state index in [-0.39, 0.29) is 23.3 Å². The van der Waals surface area contributed by atoms with Gasteiger partial charge in [-0.2, -0.15) is 0 Å². The van der Waals surface area contributed by atoms with E-state index in [1.807, 2.05) is 37.3 Å². The van der Waals surface area contributed by atoms with Crippen LogP contribution < -0.4 is 10.0 Å². The van der Waals surface area contributed by atoms with Crippen molar-refractivity contribution in [3.05, 3.63) is 65.9 Å². The highest BCUT2D eigenvalue weighted by Crippen LogP contribution is 2.32. The summed E-state index contributed by atoms with van der Waals surface area (Å²) in [5.41, 5.74) is 1.06. The molecule has 0 saturated carbocycles. The lowest BCUT2D eigenvalue weighted by Gasteiger charge is -2.35. The number of benzene rings is 2. The Balaban J connectivity index is 1.18. The van der Waals surface area contributed by atoms with Gasteiger partial charge in [-0.1, -0.05) is 55.8 Å². The first kappa shape index (κ1) is 26.9. The number of rotatable bonds is 9. The minimum absolute atomic E-state index is 0.0879. The van der Waals surface area contributed by atoms with Crippen LogP contribution in [-0.2, 0) is 19.6 Å². The van der Waals surface area contributed by atoms with Crippen LogP contribution in [0.2, 0.25) is 0 Å². The molecule has 1 amide bonds. The molecular weight excluding hydrogens is 498 g/mol. The number of ether oxygens (including phenoxy) is 1. The molecule has 8 heteroatoms. The number of nitrogens with zero attached hydrogens (tertiary/aromatic N) is 1. The van der Waals surface area contributed by atoms with Gasteiger partial charge in [-0.25, -0.2) is 13.1 Å². The Morgan fingerprint density at radius 3 is 2.68 bits per heavy atom. The van der Waals surface area contributed by atoms with Crippen LogP contribution in [-0.4, -0.2) is 57.5 Å². The van der Waals surface area contributed by atoms with E-state index in [9.17, 15) is 13.2 Å². The number of carbonyl (C=O) groups is 1. The maximum atomic E-state index is 13.1. The number of carbonyl (C=O) groups excluding carboxylic acids is 1. The molecule has 2 aromatic carbocycles. The van der Waals surface area contributed by atoms with Gasteiger partial charge in [-0.3, -0.25) is 4.79 Å². The van der Waals surface area contributed by atoms with Gasteiger partial charge in [0.2, 0.25) is 15.9 Å². The summed E-state index contributed by atoms with van der Waals surface area (Å²) in [6.07, 6.45) is 10.5. The highest BCUT2D eigenvalue weighted by atomic mass is 32.2. The molecule has 0 spiro atoms. The Labute approximate surface area is 226 Å². The normalized spacial score (nSPS) is 23.1. The summed E-state index contributed by atoms with van der Waals surface area (Å²) in [6.45, 7) is 5.89. The third kappa shape index (κ3) is 6.47. The summed E-state index contributed by atoms with van der Waals surface area (Å²) in [5, 5.41) is 5.00. The fourth-order valence-corrected chi connectivity index (χ4v) is 7.14. The minimum atomic E-state index is -3.75. The van der Waals surface area contributed by atoms with Crippen LogP contribution in [0.5, 0.6) is 0 Å². The Morgan fingerprint density at radius 2 is 1.89 bits per heavy atom. The third-order valence-electron chi connectivity index (χ3n) is 7.93. The van der Waals surface area contributed by atoms with Crippen LogP contribution in [0.4, 0.5) is 0 Å². The zero-order chi connectivity index (χ0) is 26.5. The minimum Gasteiger partial charge on any atom is -0.497 e. The maximum absolute atomic E-state index is 13.1. The third-order valence-corrected chi connectivity index (χ3v) is 9.45. The number of likely N-dealkylation sites (tertiary alicyclic amines) is 1. The highest BCUT2D eigenvalue weighted by Gasteiger charge is 2.30. The molecule has 204 valence electrons. The number of nitrogens with one attached hydrogen (secondary N) is 2. The van der Waals surface area contributed by atoms with E-state index < -0.39 is 16.1 Å². The lowest BCUT2D eigenvalue weighted by molar-refractivity contribution is -0.122. The van der Waals surface area contributed by atoms with E-state index in [1.54, 1.807) is 12.1 Å². The summed E-state index contributed by atoms with van der Waals surface area (Å²) < 4.78 is 35.0. The van der Waals surface area contributed by atoms with Gasteiger partial charge in [0.15, 0.2) is 0 Å². The number of fused-ring (bicyclic) bond motifs is 1. The summed E-state index contributed by atoms with van der Waals surface area (Å²) >= 11 is 0. The van der Waals surface area contributed by atoms with Crippen LogP contribution in [0.3, 0.4) is 0 Å². The van der Waals surface area contributed by atoms with Gasteiger partial charge in [0.1, 0.15) is 5.76 Å². The van der Waals surface area contributed by atoms with Crippen LogP contribution >= 0.6 is 0 Å². The van der Waals surface area contributed by atoms with Gasteiger partial charge < -0.3 is 15.0 Å². The summed E-state index contributed by atoms with van der Waals surface area (Å²) in [5.74, 6) is 1.28. The molecule has 1 saturated heterocycles. The van der Waals surface area contributed by atoms with Gasteiger partial charge in [0, 0.05) is 37.4 Å². The van der Waals surface area contributed by atoms with E-state index in [2.05, 4.69) is 27.1 Å². The molecule has 0 aromatic heterocycles. The second-order valence-electron chi connectivity index (χ2n) is 10.8. The predicted octanol–water partition coefficient (Wildman–Crippen LogP) is 4.51. The maximum Gasteiger partial charge on any atom is 0.240 e. The molecule has 5 rings (SSSR count). The fraction of sp³-hybridized carbons (Fsp3) is 0.500. The van der Waals surface area contributed by atoms with Crippen molar-refractivity contribution in [1.82, 2.24) is 14.9 Å². The van der Waals surface area contributed by atoms with Crippen LogP contribution in [0.1, 0.15) is 51.9 Å². The number of allylic oxidation sites excluding steroid dienone is 1. The Hall–Kier alpha value is -2.68. The van der Waals surface area contributed by atoms with Gasteiger partial charge in [-0.05, 0) is 61.2 Å². The second-order valence-corrected chi connectivity index (χ2v) is 12.5. The van der Waals surface area contributed by atoms with E-state index in [0.29, 0.717) is 25.4 Å². The largest absolute Gasteiger partial charge is 0.497 e. The van der Waals surface area contributed by atoms with Crippen molar-refractivity contribution in [3.8, 4) is 0 Å². The quantitative estimate of drug-likeness (QED) is 0.492. The number of piperidine rings is 1. The second kappa shape index (κ2) is 12.0. The van der Waals surface area contributed by atoms with Crippen molar-refractivity contribution in [2.24, 2.45) is 5.92 Å². The Kier molecular flexibility index (Phi) is 8.51. The number of amides is 1. The standard InChI is InChI=1S/C30H39N3O4S/c1-2-25(32-38(35,36)26-12-11-23-8-4-5-9-24(23)19-26)20-30(34)31-28-14-17-37-29-18-22(10-13-27(28)29)21-33-15-6-3-7-16-33/h4-5,8-13,19,22,25,28,32H,2-3,6-7,14-18,20-21H2,1H3,(H,31,34). The zero-order valence-corrected chi connectivity index (χ0v) is 23.0. The molecule has 2 N–H and O–H groups in total. The van der Waals surface area contributed by atoms with Crippen LogP contribution in [0.25, 0.3) is 10.8 Å². The first-order valence-corrected chi connectivity index (χ1v) is 15.5. The van der Waals surface area contributed by atoms with E-state index in [4.69, 9.17) is 4.74 Å². The molecule has 2 aromatic rings. The van der Waals surface area contributed by atoms with Crippen molar-refractivity contribution < 1.29 is 17.9 Å². The van der Waals surface area contributed by atoms with Crippen molar-refractivity contribution in [2.45, 2.75) is 68.8 Å². The van der Waals surface area contributed by atoms with Gasteiger partial charge in [0.05, 0.1) is 17.5 Å². The predicted molar refractivity (Wildman–Crippen MR) is 150 cm³/mol. The van der Waals surface area contributed by atoms with Crippen LogP contribution in [0, 0.1) is 5.92 Å². The number of sulfonamides is 1.